The quantitative estimate of drug-likeness (QED) is 0.864. The predicted octanol–water partition coefficient (Wildman–Crippen LogP) is 2.95. The average molecular weight is 312 g/mol. The molecule has 2 aromatic heterocycles. The lowest BCUT2D eigenvalue weighted by Crippen LogP contribution is -2.36. The standard InChI is InChI=1S/C13H14ClN3O2S/c1-7-6-9-10(15-13(14)16-11(9)20-7)17-4-2-8(3-5-17)12(18)19/h6,8H,2-5H2,1H3,(H,18,19). The molecule has 1 N–H and O–H groups in total. The van der Waals surface area contributed by atoms with Crippen LogP contribution >= 0.6 is 22.9 Å². The van der Waals surface area contributed by atoms with Gasteiger partial charge in [-0.1, -0.05) is 0 Å². The summed E-state index contributed by atoms with van der Waals surface area (Å²) in [5.74, 6) is -0.127. The smallest absolute Gasteiger partial charge is 0.306 e. The highest BCUT2D eigenvalue weighted by atomic mass is 35.5. The van der Waals surface area contributed by atoms with Crippen LogP contribution in [0.15, 0.2) is 6.07 Å². The molecule has 1 saturated heterocycles. The first-order valence-corrected chi connectivity index (χ1v) is 7.65. The topological polar surface area (TPSA) is 66.3 Å². The molecule has 0 saturated carbocycles. The van der Waals surface area contributed by atoms with Crippen LogP contribution < -0.4 is 4.90 Å². The highest BCUT2D eigenvalue weighted by Crippen LogP contribution is 2.33. The van der Waals surface area contributed by atoms with E-state index in [0.717, 1.165) is 16.0 Å². The molecule has 106 valence electrons. The van der Waals surface area contributed by atoms with Crippen molar-refractivity contribution in [2.45, 2.75) is 19.8 Å². The molecule has 0 unspecified atom stereocenters. The van der Waals surface area contributed by atoms with Crippen LogP contribution in [-0.2, 0) is 4.79 Å². The maximum atomic E-state index is 11.0. The number of aromatic nitrogens is 2. The summed E-state index contributed by atoms with van der Waals surface area (Å²) in [5, 5.41) is 10.3. The summed E-state index contributed by atoms with van der Waals surface area (Å²) in [4.78, 5) is 23.8. The first-order valence-electron chi connectivity index (χ1n) is 6.46. The van der Waals surface area contributed by atoms with Gasteiger partial charge >= 0.3 is 5.97 Å². The first kappa shape index (κ1) is 13.6. The lowest BCUT2D eigenvalue weighted by Gasteiger charge is -2.31. The van der Waals surface area contributed by atoms with Crippen LogP contribution in [0.25, 0.3) is 10.2 Å². The Morgan fingerprint density at radius 3 is 2.80 bits per heavy atom. The van der Waals surface area contributed by atoms with Crippen molar-refractivity contribution in [1.82, 2.24) is 9.97 Å². The van der Waals surface area contributed by atoms with Gasteiger partial charge in [0.25, 0.3) is 0 Å². The highest BCUT2D eigenvalue weighted by Gasteiger charge is 2.26. The second-order valence-electron chi connectivity index (χ2n) is 4.99. The number of carboxylic acid groups (broad SMARTS) is 1. The van der Waals surface area contributed by atoms with Crippen molar-refractivity contribution >= 4 is 44.9 Å². The zero-order chi connectivity index (χ0) is 14.3. The maximum absolute atomic E-state index is 11.0. The van der Waals surface area contributed by atoms with E-state index < -0.39 is 5.97 Å². The van der Waals surface area contributed by atoms with Gasteiger partial charge in [-0.3, -0.25) is 4.79 Å². The Balaban J connectivity index is 1.93. The minimum atomic E-state index is -0.707. The summed E-state index contributed by atoms with van der Waals surface area (Å²) in [6.45, 7) is 3.41. The third-order valence-corrected chi connectivity index (χ3v) is 4.73. The van der Waals surface area contributed by atoms with E-state index in [1.807, 2.05) is 6.92 Å². The number of aliphatic carboxylic acids is 1. The predicted molar refractivity (Wildman–Crippen MR) is 79.7 cm³/mol. The van der Waals surface area contributed by atoms with Gasteiger partial charge in [0.2, 0.25) is 5.28 Å². The molecule has 7 heteroatoms. The van der Waals surface area contributed by atoms with E-state index in [9.17, 15) is 4.79 Å². The van der Waals surface area contributed by atoms with Crippen LogP contribution in [0, 0.1) is 12.8 Å². The molecule has 2 aromatic rings. The van der Waals surface area contributed by atoms with E-state index in [2.05, 4.69) is 20.9 Å². The van der Waals surface area contributed by atoms with E-state index in [1.54, 1.807) is 11.3 Å². The molecule has 0 aromatic carbocycles. The summed E-state index contributed by atoms with van der Waals surface area (Å²) >= 11 is 7.59. The third kappa shape index (κ3) is 2.45. The van der Waals surface area contributed by atoms with E-state index >= 15 is 0 Å². The van der Waals surface area contributed by atoms with Gasteiger partial charge in [0.15, 0.2) is 0 Å². The number of fused-ring (bicyclic) bond motifs is 1. The van der Waals surface area contributed by atoms with Crippen LogP contribution in [0.3, 0.4) is 0 Å². The zero-order valence-corrected chi connectivity index (χ0v) is 12.5. The summed E-state index contributed by atoms with van der Waals surface area (Å²) in [6, 6.07) is 2.06. The molecule has 0 spiro atoms. The molecule has 0 amide bonds. The summed E-state index contributed by atoms with van der Waals surface area (Å²) < 4.78 is 0. The van der Waals surface area contributed by atoms with Gasteiger partial charge in [-0.15, -0.1) is 11.3 Å². The van der Waals surface area contributed by atoms with E-state index in [-0.39, 0.29) is 11.2 Å². The maximum Gasteiger partial charge on any atom is 0.306 e. The molecule has 1 fully saturated rings. The normalized spacial score (nSPS) is 16.8. The van der Waals surface area contributed by atoms with Crippen molar-refractivity contribution in [2.24, 2.45) is 5.92 Å². The van der Waals surface area contributed by atoms with E-state index in [0.29, 0.717) is 25.9 Å². The second-order valence-corrected chi connectivity index (χ2v) is 6.56. The van der Waals surface area contributed by atoms with Gasteiger partial charge in [-0.2, -0.15) is 4.98 Å². The minimum Gasteiger partial charge on any atom is -0.481 e. The van der Waals surface area contributed by atoms with Gasteiger partial charge < -0.3 is 10.0 Å². The zero-order valence-electron chi connectivity index (χ0n) is 11.0. The number of halogens is 1. The minimum absolute atomic E-state index is 0.245. The number of hydrogen-bond acceptors (Lipinski definition) is 5. The monoisotopic (exact) mass is 311 g/mol. The lowest BCUT2D eigenvalue weighted by atomic mass is 9.97. The number of anilines is 1. The fourth-order valence-corrected chi connectivity index (χ4v) is 3.67. The Hall–Kier alpha value is -1.40. The molecule has 0 atom stereocenters. The molecule has 0 aliphatic carbocycles. The molecule has 3 rings (SSSR count). The number of piperidine rings is 1. The van der Waals surface area contributed by atoms with Gasteiger partial charge in [-0.25, -0.2) is 4.98 Å². The van der Waals surface area contributed by atoms with Crippen LogP contribution in [0.2, 0.25) is 5.28 Å². The largest absolute Gasteiger partial charge is 0.481 e. The Morgan fingerprint density at radius 1 is 1.45 bits per heavy atom. The molecule has 1 aliphatic rings. The van der Waals surface area contributed by atoms with E-state index in [4.69, 9.17) is 16.7 Å². The number of hydrogen-bond donors (Lipinski definition) is 1. The molecule has 20 heavy (non-hydrogen) atoms. The van der Waals surface area contributed by atoms with Crippen molar-refractivity contribution in [3.8, 4) is 0 Å². The van der Waals surface area contributed by atoms with Crippen molar-refractivity contribution < 1.29 is 9.90 Å². The second kappa shape index (κ2) is 5.18. The number of nitrogens with zero attached hydrogens (tertiary/aromatic N) is 3. The number of thiophene rings is 1. The van der Waals surface area contributed by atoms with Gasteiger partial charge in [0.05, 0.1) is 11.3 Å². The number of aryl methyl sites for hydroxylation is 1. The molecule has 1 aliphatic heterocycles. The molecule has 0 radical (unpaired) electrons. The van der Waals surface area contributed by atoms with E-state index in [1.165, 1.54) is 4.88 Å². The molecular weight excluding hydrogens is 298 g/mol. The van der Waals surface area contributed by atoms with Crippen molar-refractivity contribution in [2.75, 3.05) is 18.0 Å². The summed E-state index contributed by atoms with van der Waals surface area (Å²) in [5.41, 5.74) is 0. The molecular formula is C13H14ClN3O2S. The number of carboxylic acids is 1. The molecule has 5 nitrogen and oxygen atoms in total. The molecule has 3 heterocycles. The van der Waals surface area contributed by atoms with Gasteiger partial charge in [-0.05, 0) is 37.4 Å². The number of carbonyl (C=O) groups is 1. The van der Waals surface area contributed by atoms with Crippen molar-refractivity contribution in [3.63, 3.8) is 0 Å². The Morgan fingerprint density at radius 2 is 2.15 bits per heavy atom. The highest BCUT2D eigenvalue weighted by molar-refractivity contribution is 7.18. The first-order chi connectivity index (χ1) is 9.54. The van der Waals surface area contributed by atoms with Crippen molar-refractivity contribution in [3.05, 3.63) is 16.2 Å². The van der Waals surface area contributed by atoms with Crippen LogP contribution in [0.1, 0.15) is 17.7 Å². The van der Waals surface area contributed by atoms with Crippen LogP contribution in [-0.4, -0.2) is 34.1 Å². The van der Waals surface area contributed by atoms with Gasteiger partial charge in [0.1, 0.15) is 10.6 Å². The Bertz CT molecular complexity index is 665. The van der Waals surface area contributed by atoms with Crippen molar-refractivity contribution in [1.29, 1.82) is 0 Å². The van der Waals surface area contributed by atoms with Crippen LogP contribution in [0.5, 0.6) is 0 Å². The summed E-state index contributed by atoms with van der Waals surface area (Å²) in [7, 11) is 0. The summed E-state index contributed by atoms with van der Waals surface area (Å²) in [6.07, 6.45) is 1.28. The fraction of sp³-hybridized carbons (Fsp3) is 0.462. The third-order valence-electron chi connectivity index (χ3n) is 3.61. The number of rotatable bonds is 2. The fourth-order valence-electron chi connectivity index (χ4n) is 2.58. The SMILES string of the molecule is Cc1cc2c(N3CCC(C(=O)O)CC3)nc(Cl)nc2s1. The lowest BCUT2D eigenvalue weighted by molar-refractivity contribution is -0.142. The Labute approximate surface area is 125 Å². The molecule has 0 bridgehead atoms. The van der Waals surface area contributed by atoms with Gasteiger partial charge in [0, 0.05) is 18.0 Å². The Kier molecular flexibility index (Phi) is 3.52. The average Bonchev–Trinajstić information content (AvgIpc) is 2.78. The van der Waals surface area contributed by atoms with Crippen LogP contribution in [0.4, 0.5) is 5.82 Å².